The molecule has 0 spiro atoms. The minimum atomic E-state index is 0.662. The first-order valence-electron chi connectivity index (χ1n) is 6.88. The zero-order valence-corrected chi connectivity index (χ0v) is 11.1. The smallest absolute Gasteiger partial charge is 0.0227 e. The van der Waals surface area contributed by atoms with Crippen LogP contribution >= 0.6 is 0 Å². The van der Waals surface area contributed by atoms with Crippen molar-refractivity contribution in [3.63, 3.8) is 0 Å². The van der Waals surface area contributed by atoms with Crippen molar-refractivity contribution < 1.29 is 0 Å². The Bertz CT molecular complexity index is 219. The standard InChI is InChI=1S/C13H27N3/c1-4-12-8-14-11(2)9-16(12)13-6-5-7-15(3)10-13/h11-14H,4-10H2,1-3H3. The maximum atomic E-state index is 3.61. The van der Waals surface area contributed by atoms with Crippen molar-refractivity contribution >= 4 is 0 Å². The van der Waals surface area contributed by atoms with E-state index in [-0.39, 0.29) is 0 Å². The highest BCUT2D eigenvalue weighted by Crippen LogP contribution is 2.21. The summed E-state index contributed by atoms with van der Waals surface area (Å²) in [6.45, 7) is 9.60. The van der Waals surface area contributed by atoms with Crippen molar-refractivity contribution in [3.05, 3.63) is 0 Å². The van der Waals surface area contributed by atoms with Crippen LogP contribution in [0.15, 0.2) is 0 Å². The van der Waals surface area contributed by atoms with Crippen LogP contribution in [0.1, 0.15) is 33.1 Å². The third-order valence-electron chi connectivity index (χ3n) is 4.20. The zero-order chi connectivity index (χ0) is 11.5. The molecule has 1 N–H and O–H groups in total. The lowest BCUT2D eigenvalue weighted by Crippen LogP contribution is -2.61. The summed E-state index contributed by atoms with van der Waals surface area (Å²) in [4.78, 5) is 5.27. The molecule has 3 unspecified atom stereocenters. The zero-order valence-electron chi connectivity index (χ0n) is 11.1. The van der Waals surface area contributed by atoms with Crippen LogP contribution in [-0.4, -0.2) is 61.2 Å². The highest BCUT2D eigenvalue weighted by Gasteiger charge is 2.31. The van der Waals surface area contributed by atoms with E-state index in [1.807, 2.05) is 0 Å². The van der Waals surface area contributed by atoms with Gasteiger partial charge in [-0.25, -0.2) is 0 Å². The fourth-order valence-electron chi connectivity index (χ4n) is 3.22. The molecule has 16 heavy (non-hydrogen) atoms. The second kappa shape index (κ2) is 5.48. The van der Waals surface area contributed by atoms with E-state index in [4.69, 9.17) is 0 Å². The Morgan fingerprint density at radius 2 is 2.12 bits per heavy atom. The Labute approximate surface area is 100 Å². The van der Waals surface area contributed by atoms with Crippen LogP contribution in [0.25, 0.3) is 0 Å². The van der Waals surface area contributed by atoms with E-state index in [0.717, 1.165) is 12.1 Å². The Hall–Kier alpha value is -0.120. The van der Waals surface area contributed by atoms with Gasteiger partial charge in [0.1, 0.15) is 0 Å². The third kappa shape index (κ3) is 2.76. The molecule has 0 radical (unpaired) electrons. The van der Waals surface area contributed by atoms with Gasteiger partial charge in [0, 0.05) is 37.8 Å². The molecule has 3 atom stereocenters. The summed E-state index contributed by atoms with van der Waals surface area (Å²) >= 11 is 0. The summed E-state index contributed by atoms with van der Waals surface area (Å²) in [6.07, 6.45) is 4.05. The molecule has 0 saturated carbocycles. The van der Waals surface area contributed by atoms with Crippen LogP contribution < -0.4 is 5.32 Å². The number of nitrogens with zero attached hydrogens (tertiary/aromatic N) is 2. The van der Waals surface area contributed by atoms with Gasteiger partial charge >= 0.3 is 0 Å². The molecule has 0 aromatic carbocycles. The summed E-state index contributed by atoms with van der Waals surface area (Å²) in [5.74, 6) is 0. The number of rotatable bonds is 2. The molecule has 0 aliphatic carbocycles. The van der Waals surface area contributed by atoms with E-state index < -0.39 is 0 Å². The number of hydrogen-bond donors (Lipinski definition) is 1. The van der Waals surface area contributed by atoms with Gasteiger partial charge in [-0.1, -0.05) is 6.92 Å². The molecule has 2 rings (SSSR count). The fourth-order valence-corrected chi connectivity index (χ4v) is 3.22. The first-order chi connectivity index (χ1) is 7.70. The molecule has 0 aromatic heterocycles. The van der Waals surface area contributed by atoms with E-state index in [0.29, 0.717) is 6.04 Å². The topological polar surface area (TPSA) is 18.5 Å². The molecular weight excluding hydrogens is 198 g/mol. The molecule has 3 heteroatoms. The molecule has 0 amide bonds. The lowest BCUT2D eigenvalue weighted by atomic mass is 9.98. The van der Waals surface area contributed by atoms with Crippen LogP contribution in [-0.2, 0) is 0 Å². The van der Waals surface area contributed by atoms with Gasteiger partial charge < -0.3 is 10.2 Å². The minimum absolute atomic E-state index is 0.662. The molecule has 2 saturated heterocycles. The van der Waals surface area contributed by atoms with E-state index in [1.54, 1.807) is 0 Å². The van der Waals surface area contributed by atoms with Gasteiger partial charge in [0.25, 0.3) is 0 Å². The fraction of sp³-hybridized carbons (Fsp3) is 1.00. The van der Waals surface area contributed by atoms with E-state index >= 15 is 0 Å². The van der Waals surface area contributed by atoms with Crippen LogP contribution in [0.3, 0.4) is 0 Å². The number of nitrogens with one attached hydrogen (secondary N) is 1. The van der Waals surface area contributed by atoms with Crippen molar-refractivity contribution in [1.82, 2.24) is 15.1 Å². The number of likely N-dealkylation sites (tertiary alicyclic amines) is 1. The second-order valence-electron chi connectivity index (χ2n) is 5.63. The van der Waals surface area contributed by atoms with Crippen LogP contribution in [0, 0.1) is 0 Å². The van der Waals surface area contributed by atoms with E-state index in [1.165, 1.54) is 45.4 Å². The number of piperazine rings is 1. The quantitative estimate of drug-likeness (QED) is 0.760. The number of likely N-dealkylation sites (N-methyl/N-ethyl adjacent to an activating group) is 1. The van der Waals surface area contributed by atoms with Gasteiger partial charge in [0.2, 0.25) is 0 Å². The summed E-state index contributed by atoms with van der Waals surface area (Å²) in [5, 5.41) is 3.61. The predicted octanol–water partition coefficient (Wildman–Crippen LogP) is 1.15. The molecule has 2 aliphatic heterocycles. The van der Waals surface area contributed by atoms with Crippen molar-refractivity contribution in [2.75, 3.05) is 33.2 Å². The molecule has 2 fully saturated rings. The molecular formula is C13H27N3. The van der Waals surface area contributed by atoms with Gasteiger partial charge in [-0.05, 0) is 39.8 Å². The lowest BCUT2D eigenvalue weighted by molar-refractivity contribution is 0.0431. The third-order valence-corrected chi connectivity index (χ3v) is 4.20. The molecule has 0 bridgehead atoms. The van der Waals surface area contributed by atoms with E-state index in [9.17, 15) is 0 Å². The largest absolute Gasteiger partial charge is 0.311 e. The summed E-state index contributed by atoms with van der Waals surface area (Å²) < 4.78 is 0. The Morgan fingerprint density at radius 3 is 2.81 bits per heavy atom. The molecule has 2 heterocycles. The summed E-state index contributed by atoms with van der Waals surface area (Å²) in [7, 11) is 2.26. The molecule has 0 aromatic rings. The number of hydrogen-bond acceptors (Lipinski definition) is 3. The van der Waals surface area contributed by atoms with Gasteiger partial charge in [-0.2, -0.15) is 0 Å². The normalized spacial score (nSPS) is 38.8. The van der Waals surface area contributed by atoms with Gasteiger partial charge in [-0.15, -0.1) is 0 Å². The summed E-state index contributed by atoms with van der Waals surface area (Å²) in [6, 6.07) is 2.22. The first-order valence-corrected chi connectivity index (χ1v) is 6.88. The SMILES string of the molecule is CCC1CNC(C)CN1C1CCCN(C)C1. The van der Waals surface area contributed by atoms with Gasteiger partial charge in [0.15, 0.2) is 0 Å². The Kier molecular flexibility index (Phi) is 4.22. The highest BCUT2D eigenvalue weighted by molar-refractivity contribution is 4.90. The highest BCUT2D eigenvalue weighted by atomic mass is 15.3. The molecule has 3 nitrogen and oxygen atoms in total. The van der Waals surface area contributed by atoms with Gasteiger partial charge in [0.05, 0.1) is 0 Å². The van der Waals surface area contributed by atoms with Crippen LogP contribution in [0.2, 0.25) is 0 Å². The van der Waals surface area contributed by atoms with Gasteiger partial charge in [-0.3, -0.25) is 4.90 Å². The maximum Gasteiger partial charge on any atom is 0.0227 e. The minimum Gasteiger partial charge on any atom is -0.311 e. The second-order valence-corrected chi connectivity index (χ2v) is 5.63. The van der Waals surface area contributed by atoms with Crippen molar-refractivity contribution in [1.29, 1.82) is 0 Å². The average molecular weight is 225 g/mol. The van der Waals surface area contributed by atoms with Crippen molar-refractivity contribution in [3.8, 4) is 0 Å². The predicted molar refractivity (Wildman–Crippen MR) is 68.8 cm³/mol. The van der Waals surface area contributed by atoms with Crippen LogP contribution in [0.4, 0.5) is 0 Å². The Morgan fingerprint density at radius 1 is 1.31 bits per heavy atom. The average Bonchev–Trinajstić information content (AvgIpc) is 2.29. The number of piperidine rings is 1. The van der Waals surface area contributed by atoms with Crippen molar-refractivity contribution in [2.45, 2.75) is 51.2 Å². The Balaban J connectivity index is 1.98. The molecule has 94 valence electrons. The lowest BCUT2D eigenvalue weighted by Gasteiger charge is -2.46. The summed E-state index contributed by atoms with van der Waals surface area (Å²) in [5.41, 5.74) is 0. The van der Waals surface area contributed by atoms with Crippen LogP contribution in [0.5, 0.6) is 0 Å². The molecule has 2 aliphatic rings. The first kappa shape index (κ1) is 12.3. The maximum absolute atomic E-state index is 3.61. The monoisotopic (exact) mass is 225 g/mol. The van der Waals surface area contributed by atoms with Crippen molar-refractivity contribution in [2.24, 2.45) is 0 Å². The van der Waals surface area contributed by atoms with E-state index in [2.05, 4.69) is 36.0 Å².